The lowest BCUT2D eigenvalue weighted by Gasteiger charge is -2.06. The summed E-state index contributed by atoms with van der Waals surface area (Å²) in [5, 5.41) is 19.1. The molecule has 0 spiro atoms. The monoisotopic (exact) mass is 506 g/mol. The highest BCUT2D eigenvalue weighted by Gasteiger charge is 2.10. The predicted octanol–water partition coefficient (Wildman–Crippen LogP) is 4.31. The maximum absolute atomic E-state index is 11.4. The van der Waals surface area contributed by atoms with E-state index in [0.29, 0.717) is 19.1 Å². The van der Waals surface area contributed by atoms with E-state index in [0.717, 1.165) is 11.1 Å². The summed E-state index contributed by atoms with van der Waals surface area (Å²) < 4.78 is 1.41. The van der Waals surface area contributed by atoms with Crippen molar-refractivity contribution < 1.29 is 15.0 Å². The number of phenols is 1. The number of rotatable bonds is 4. The third-order valence-electron chi connectivity index (χ3n) is 2.89. The standard InChI is InChI=1S/C16H12I2O3/c17-13-8-11(9-14(18)15(13)19)7-12(16(20)21)6-10-4-2-1-3-5-10/h1-5,7-9,19H,6H2,(H,20,21)/b12-7+. The summed E-state index contributed by atoms with van der Waals surface area (Å²) in [6.45, 7) is 0. The Morgan fingerprint density at radius 1 is 1.10 bits per heavy atom. The molecule has 21 heavy (non-hydrogen) atoms. The Labute approximate surface area is 150 Å². The van der Waals surface area contributed by atoms with Crippen LogP contribution in [0.2, 0.25) is 0 Å². The molecule has 0 atom stereocenters. The van der Waals surface area contributed by atoms with Crippen molar-refractivity contribution >= 4 is 57.2 Å². The van der Waals surface area contributed by atoms with Crippen molar-refractivity contribution in [1.29, 1.82) is 0 Å². The van der Waals surface area contributed by atoms with Gasteiger partial charge < -0.3 is 10.2 Å². The van der Waals surface area contributed by atoms with E-state index in [2.05, 4.69) is 0 Å². The Kier molecular flexibility index (Phi) is 5.63. The van der Waals surface area contributed by atoms with Gasteiger partial charge in [-0.25, -0.2) is 4.79 Å². The fourth-order valence-electron chi connectivity index (χ4n) is 1.87. The van der Waals surface area contributed by atoms with Crippen LogP contribution < -0.4 is 0 Å². The van der Waals surface area contributed by atoms with Gasteiger partial charge in [0, 0.05) is 12.0 Å². The molecule has 0 aromatic heterocycles. The summed E-state index contributed by atoms with van der Waals surface area (Å²) >= 11 is 4.06. The molecule has 0 saturated heterocycles. The molecule has 108 valence electrons. The first-order valence-electron chi connectivity index (χ1n) is 6.13. The molecule has 2 N–H and O–H groups in total. The second kappa shape index (κ2) is 7.26. The molecule has 2 aromatic rings. The van der Waals surface area contributed by atoms with Crippen molar-refractivity contribution in [2.75, 3.05) is 0 Å². The number of hydrogen-bond donors (Lipinski definition) is 2. The van der Waals surface area contributed by atoms with Crippen LogP contribution in [0.1, 0.15) is 11.1 Å². The molecule has 0 heterocycles. The van der Waals surface area contributed by atoms with Crippen LogP contribution in [0.4, 0.5) is 0 Å². The zero-order valence-corrected chi connectivity index (χ0v) is 15.2. The maximum atomic E-state index is 11.4. The number of carbonyl (C=O) groups is 1. The predicted molar refractivity (Wildman–Crippen MR) is 99.3 cm³/mol. The molecule has 3 nitrogen and oxygen atoms in total. The Balaban J connectivity index is 2.36. The molecule has 2 aromatic carbocycles. The summed E-state index contributed by atoms with van der Waals surface area (Å²) in [7, 11) is 0. The van der Waals surface area contributed by atoms with Crippen molar-refractivity contribution in [2.45, 2.75) is 6.42 Å². The van der Waals surface area contributed by atoms with Crippen molar-refractivity contribution in [3.8, 4) is 5.75 Å². The Bertz CT molecular complexity index is 671. The highest BCUT2D eigenvalue weighted by molar-refractivity contribution is 14.1. The molecule has 0 aliphatic carbocycles. The maximum Gasteiger partial charge on any atom is 0.331 e. The SMILES string of the molecule is O=C(O)/C(=C/c1cc(I)c(O)c(I)c1)Cc1ccccc1. The zero-order chi connectivity index (χ0) is 15.4. The van der Waals surface area contributed by atoms with Crippen LogP contribution in [0.3, 0.4) is 0 Å². The second-order valence-electron chi connectivity index (χ2n) is 4.47. The van der Waals surface area contributed by atoms with Gasteiger partial charge in [0.25, 0.3) is 0 Å². The molecule has 5 heteroatoms. The topological polar surface area (TPSA) is 57.5 Å². The molecule has 0 aliphatic rings. The molecule has 0 radical (unpaired) electrons. The van der Waals surface area contributed by atoms with Gasteiger partial charge in [0.1, 0.15) is 5.75 Å². The van der Waals surface area contributed by atoms with Crippen LogP contribution in [-0.4, -0.2) is 16.2 Å². The minimum absolute atomic E-state index is 0.230. The van der Waals surface area contributed by atoms with Crippen molar-refractivity contribution in [3.63, 3.8) is 0 Å². The summed E-state index contributed by atoms with van der Waals surface area (Å²) in [4.78, 5) is 11.4. The lowest BCUT2D eigenvalue weighted by atomic mass is 10.0. The summed E-state index contributed by atoms with van der Waals surface area (Å²) in [5.41, 5.74) is 2.04. The number of carboxylic acids is 1. The van der Waals surface area contributed by atoms with Crippen molar-refractivity contribution in [2.24, 2.45) is 0 Å². The quantitative estimate of drug-likeness (QED) is 0.481. The molecule has 0 aliphatic heterocycles. The van der Waals surface area contributed by atoms with Crippen LogP contribution >= 0.6 is 45.2 Å². The normalized spacial score (nSPS) is 11.4. The largest absolute Gasteiger partial charge is 0.506 e. The average Bonchev–Trinajstić information content (AvgIpc) is 2.45. The lowest BCUT2D eigenvalue weighted by Crippen LogP contribution is -2.04. The van der Waals surface area contributed by atoms with E-state index in [1.54, 1.807) is 18.2 Å². The van der Waals surface area contributed by atoms with Gasteiger partial charge in [-0.15, -0.1) is 0 Å². The van der Waals surface area contributed by atoms with Gasteiger partial charge in [0.15, 0.2) is 0 Å². The number of carboxylic acid groups (broad SMARTS) is 1. The van der Waals surface area contributed by atoms with Crippen LogP contribution in [0.5, 0.6) is 5.75 Å². The van der Waals surface area contributed by atoms with Crippen LogP contribution in [-0.2, 0) is 11.2 Å². The van der Waals surface area contributed by atoms with Crippen molar-refractivity contribution in [1.82, 2.24) is 0 Å². The number of aromatic hydroxyl groups is 1. The van der Waals surface area contributed by atoms with Gasteiger partial charge in [-0.2, -0.15) is 0 Å². The number of hydrogen-bond acceptors (Lipinski definition) is 2. The highest BCUT2D eigenvalue weighted by atomic mass is 127. The average molecular weight is 506 g/mol. The van der Waals surface area contributed by atoms with Crippen molar-refractivity contribution in [3.05, 3.63) is 66.3 Å². The van der Waals surface area contributed by atoms with E-state index in [1.165, 1.54) is 0 Å². The molecular formula is C16H12I2O3. The van der Waals surface area contributed by atoms with E-state index >= 15 is 0 Å². The van der Waals surface area contributed by atoms with E-state index < -0.39 is 5.97 Å². The molecule has 0 saturated carbocycles. The number of phenolic OH excluding ortho intramolecular Hbond substituents is 1. The summed E-state index contributed by atoms with van der Waals surface area (Å²) in [5.74, 6) is -0.703. The third kappa shape index (κ3) is 4.44. The summed E-state index contributed by atoms with van der Waals surface area (Å²) in [6.07, 6.45) is 2.02. The number of halogens is 2. The fraction of sp³-hybridized carbons (Fsp3) is 0.0625. The molecule has 2 rings (SSSR count). The Hall–Kier alpha value is -1.09. The summed E-state index contributed by atoms with van der Waals surface area (Å²) in [6, 6.07) is 13.0. The smallest absolute Gasteiger partial charge is 0.331 e. The van der Waals surface area contributed by atoms with Crippen LogP contribution in [0, 0.1) is 7.14 Å². The number of aliphatic carboxylic acids is 1. The molecule has 0 fully saturated rings. The Morgan fingerprint density at radius 3 is 2.19 bits per heavy atom. The van der Waals surface area contributed by atoms with Gasteiger partial charge in [0.05, 0.1) is 7.14 Å². The molecule has 0 amide bonds. The first kappa shape index (κ1) is 16.3. The second-order valence-corrected chi connectivity index (χ2v) is 6.79. The van der Waals surface area contributed by atoms with Gasteiger partial charge >= 0.3 is 5.97 Å². The molecule has 0 unspecified atom stereocenters. The van der Waals surface area contributed by atoms with Crippen LogP contribution in [0.25, 0.3) is 6.08 Å². The molecular weight excluding hydrogens is 494 g/mol. The zero-order valence-electron chi connectivity index (χ0n) is 10.9. The number of benzene rings is 2. The van der Waals surface area contributed by atoms with Gasteiger partial charge in [-0.1, -0.05) is 30.3 Å². The minimum atomic E-state index is -0.933. The minimum Gasteiger partial charge on any atom is -0.506 e. The highest BCUT2D eigenvalue weighted by Crippen LogP contribution is 2.28. The van der Waals surface area contributed by atoms with Crippen LogP contribution in [0.15, 0.2) is 48.0 Å². The van der Waals surface area contributed by atoms with E-state index in [-0.39, 0.29) is 5.75 Å². The van der Waals surface area contributed by atoms with Gasteiger partial charge in [0.2, 0.25) is 0 Å². The van der Waals surface area contributed by atoms with Gasteiger partial charge in [-0.3, -0.25) is 0 Å². The third-order valence-corrected chi connectivity index (χ3v) is 4.54. The van der Waals surface area contributed by atoms with E-state index in [1.807, 2.05) is 75.5 Å². The van der Waals surface area contributed by atoms with E-state index in [4.69, 9.17) is 0 Å². The first-order valence-corrected chi connectivity index (χ1v) is 8.29. The Morgan fingerprint density at radius 2 is 1.67 bits per heavy atom. The fourth-order valence-corrected chi connectivity index (χ4v) is 3.69. The van der Waals surface area contributed by atoms with Gasteiger partial charge in [-0.05, 0) is 74.5 Å². The molecule has 0 bridgehead atoms. The first-order chi connectivity index (χ1) is 9.97. The van der Waals surface area contributed by atoms with E-state index in [9.17, 15) is 15.0 Å². The lowest BCUT2D eigenvalue weighted by molar-refractivity contribution is -0.132.